The van der Waals surface area contributed by atoms with E-state index in [9.17, 15) is 18.0 Å². The highest BCUT2D eigenvalue weighted by Crippen LogP contribution is 2.34. The molecule has 18 heavy (non-hydrogen) atoms. The number of amides is 1. The molecule has 0 aromatic heterocycles. The van der Waals surface area contributed by atoms with Crippen LogP contribution in [0.4, 0.5) is 18.9 Å². The fourth-order valence-electron chi connectivity index (χ4n) is 1.56. The molecule has 1 aromatic rings. The molecule has 0 saturated heterocycles. The molecule has 0 spiro atoms. The fourth-order valence-corrected chi connectivity index (χ4v) is 1.56. The molecular weight excluding hydrogens is 245 g/mol. The third-order valence-corrected chi connectivity index (χ3v) is 2.64. The molecule has 6 heteroatoms. The second kappa shape index (κ2) is 4.97. The van der Waals surface area contributed by atoms with Gasteiger partial charge in [0.1, 0.15) is 0 Å². The van der Waals surface area contributed by atoms with Crippen LogP contribution in [0.1, 0.15) is 18.4 Å². The van der Waals surface area contributed by atoms with Crippen molar-refractivity contribution >= 4 is 11.6 Å². The highest BCUT2D eigenvalue weighted by Gasteiger charge is 2.33. The number of carbonyl (C=O) groups is 1. The highest BCUT2D eigenvalue weighted by atomic mass is 19.4. The molecule has 1 aliphatic rings. The third-order valence-electron chi connectivity index (χ3n) is 2.64. The van der Waals surface area contributed by atoms with E-state index in [1.807, 2.05) is 0 Å². The Labute approximate surface area is 102 Å². The molecule has 0 heterocycles. The van der Waals surface area contributed by atoms with Crippen LogP contribution in [0.15, 0.2) is 24.3 Å². The van der Waals surface area contributed by atoms with E-state index in [4.69, 9.17) is 0 Å². The van der Waals surface area contributed by atoms with Gasteiger partial charge in [0.25, 0.3) is 0 Å². The molecule has 1 fully saturated rings. The summed E-state index contributed by atoms with van der Waals surface area (Å²) in [6, 6.07) is 5.29. The van der Waals surface area contributed by atoms with Crippen molar-refractivity contribution in [3.8, 4) is 0 Å². The van der Waals surface area contributed by atoms with E-state index < -0.39 is 17.6 Å². The summed E-state index contributed by atoms with van der Waals surface area (Å²) in [5.74, 6) is -0.460. The van der Waals surface area contributed by atoms with Crippen LogP contribution in [0.3, 0.4) is 0 Å². The number of anilines is 1. The van der Waals surface area contributed by atoms with Gasteiger partial charge in [-0.3, -0.25) is 4.79 Å². The SMILES string of the molecule is O=C(CNC1CC1)Nc1ccccc1C(F)(F)F. The van der Waals surface area contributed by atoms with Gasteiger partial charge < -0.3 is 10.6 Å². The fraction of sp³-hybridized carbons (Fsp3) is 0.417. The number of carbonyl (C=O) groups excluding carboxylic acids is 1. The van der Waals surface area contributed by atoms with Crippen LogP contribution in [-0.4, -0.2) is 18.5 Å². The van der Waals surface area contributed by atoms with Crippen molar-refractivity contribution in [3.63, 3.8) is 0 Å². The summed E-state index contributed by atoms with van der Waals surface area (Å²) in [6.45, 7) is 0.0385. The quantitative estimate of drug-likeness (QED) is 0.870. The van der Waals surface area contributed by atoms with Gasteiger partial charge in [-0.15, -0.1) is 0 Å². The van der Waals surface area contributed by atoms with Gasteiger partial charge in [0.2, 0.25) is 5.91 Å². The smallest absolute Gasteiger partial charge is 0.324 e. The second-order valence-corrected chi connectivity index (χ2v) is 4.25. The lowest BCUT2D eigenvalue weighted by atomic mass is 10.1. The number of rotatable bonds is 4. The Hall–Kier alpha value is -1.56. The van der Waals surface area contributed by atoms with E-state index in [0.717, 1.165) is 18.9 Å². The first-order valence-electron chi connectivity index (χ1n) is 5.66. The summed E-state index contributed by atoms with van der Waals surface area (Å²) >= 11 is 0. The lowest BCUT2D eigenvalue weighted by molar-refractivity contribution is -0.137. The standard InChI is InChI=1S/C12H13F3N2O/c13-12(14,15)9-3-1-2-4-10(9)17-11(18)7-16-8-5-6-8/h1-4,8,16H,5-7H2,(H,17,18). The maximum Gasteiger partial charge on any atom is 0.418 e. The molecule has 1 aliphatic carbocycles. The molecule has 1 saturated carbocycles. The molecule has 98 valence electrons. The topological polar surface area (TPSA) is 41.1 Å². The number of hydrogen-bond acceptors (Lipinski definition) is 2. The van der Waals surface area contributed by atoms with Crippen LogP contribution in [-0.2, 0) is 11.0 Å². The number of hydrogen-bond donors (Lipinski definition) is 2. The highest BCUT2D eigenvalue weighted by molar-refractivity contribution is 5.93. The van der Waals surface area contributed by atoms with Gasteiger partial charge in [0.15, 0.2) is 0 Å². The molecule has 0 bridgehead atoms. The van der Waals surface area contributed by atoms with Crippen LogP contribution >= 0.6 is 0 Å². The molecule has 1 amide bonds. The van der Waals surface area contributed by atoms with E-state index in [-0.39, 0.29) is 12.2 Å². The van der Waals surface area contributed by atoms with Crippen molar-refractivity contribution in [2.45, 2.75) is 25.1 Å². The number of halogens is 3. The first-order chi connectivity index (χ1) is 8.47. The van der Waals surface area contributed by atoms with Gasteiger partial charge in [-0.2, -0.15) is 13.2 Å². The van der Waals surface area contributed by atoms with Crippen molar-refractivity contribution in [1.82, 2.24) is 5.32 Å². The molecule has 0 unspecified atom stereocenters. The summed E-state index contributed by atoms with van der Waals surface area (Å²) in [4.78, 5) is 11.5. The Morgan fingerprint density at radius 1 is 1.28 bits per heavy atom. The van der Waals surface area contributed by atoms with Crippen molar-refractivity contribution in [1.29, 1.82) is 0 Å². The van der Waals surface area contributed by atoms with Gasteiger partial charge in [-0.25, -0.2) is 0 Å². The Bertz CT molecular complexity index is 441. The van der Waals surface area contributed by atoms with Crippen LogP contribution in [0, 0.1) is 0 Å². The summed E-state index contributed by atoms with van der Waals surface area (Å²) in [7, 11) is 0. The van der Waals surface area contributed by atoms with Crippen LogP contribution in [0.2, 0.25) is 0 Å². The first-order valence-corrected chi connectivity index (χ1v) is 5.66. The van der Waals surface area contributed by atoms with Crippen molar-refractivity contribution < 1.29 is 18.0 Å². The Kier molecular flexibility index (Phi) is 3.56. The minimum atomic E-state index is -4.46. The number of benzene rings is 1. The zero-order valence-corrected chi connectivity index (χ0v) is 9.55. The van der Waals surface area contributed by atoms with E-state index in [0.29, 0.717) is 6.04 Å². The molecule has 2 N–H and O–H groups in total. The normalized spacial score (nSPS) is 15.5. The monoisotopic (exact) mass is 258 g/mol. The third kappa shape index (κ3) is 3.46. The molecular formula is C12H13F3N2O. The minimum Gasteiger partial charge on any atom is -0.324 e. The largest absolute Gasteiger partial charge is 0.418 e. The van der Waals surface area contributed by atoms with Gasteiger partial charge in [-0.1, -0.05) is 12.1 Å². The average molecular weight is 258 g/mol. The summed E-state index contributed by atoms with van der Waals surface area (Å²) in [5, 5.41) is 5.22. The van der Waals surface area contributed by atoms with Gasteiger partial charge in [0, 0.05) is 6.04 Å². The lowest BCUT2D eigenvalue weighted by Gasteiger charge is -2.13. The zero-order valence-electron chi connectivity index (χ0n) is 9.55. The van der Waals surface area contributed by atoms with Crippen molar-refractivity contribution in [3.05, 3.63) is 29.8 Å². The Morgan fingerprint density at radius 2 is 1.94 bits per heavy atom. The van der Waals surface area contributed by atoms with Crippen LogP contribution in [0.25, 0.3) is 0 Å². The molecule has 2 rings (SSSR count). The average Bonchev–Trinajstić information content (AvgIpc) is 3.09. The maximum absolute atomic E-state index is 12.7. The van der Waals surface area contributed by atoms with E-state index in [1.165, 1.54) is 18.2 Å². The van der Waals surface area contributed by atoms with E-state index >= 15 is 0 Å². The first kappa shape index (κ1) is 12.9. The lowest BCUT2D eigenvalue weighted by Crippen LogP contribution is -2.30. The molecule has 0 atom stereocenters. The van der Waals surface area contributed by atoms with Crippen LogP contribution < -0.4 is 10.6 Å². The van der Waals surface area contributed by atoms with Gasteiger partial charge >= 0.3 is 6.18 Å². The predicted octanol–water partition coefficient (Wildman–Crippen LogP) is 2.40. The second-order valence-electron chi connectivity index (χ2n) is 4.25. The van der Waals surface area contributed by atoms with Crippen molar-refractivity contribution in [2.24, 2.45) is 0 Å². The van der Waals surface area contributed by atoms with Gasteiger partial charge in [-0.05, 0) is 25.0 Å². The number of alkyl halides is 3. The number of nitrogens with one attached hydrogen (secondary N) is 2. The summed E-state index contributed by atoms with van der Waals surface area (Å²) in [5.41, 5.74) is -1.03. The summed E-state index contributed by atoms with van der Waals surface area (Å²) < 4.78 is 38.0. The van der Waals surface area contributed by atoms with Gasteiger partial charge in [0.05, 0.1) is 17.8 Å². The van der Waals surface area contributed by atoms with E-state index in [2.05, 4.69) is 10.6 Å². The predicted molar refractivity (Wildman–Crippen MR) is 61.1 cm³/mol. The Morgan fingerprint density at radius 3 is 2.56 bits per heavy atom. The molecule has 0 radical (unpaired) electrons. The zero-order chi connectivity index (χ0) is 13.2. The molecule has 1 aromatic carbocycles. The van der Waals surface area contributed by atoms with Crippen LogP contribution in [0.5, 0.6) is 0 Å². The Balaban J connectivity index is 2.01. The van der Waals surface area contributed by atoms with Crippen molar-refractivity contribution in [2.75, 3.05) is 11.9 Å². The molecule has 0 aliphatic heterocycles. The van der Waals surface area contributed by atoms with E-state index in [1.54, 1.807) is 0 Å². The minimum absolute atomic E-state index is 0.0385. The molecule has 3 nitrogen and oxygen atoms in total. The summed E-state index contributed by atoms with van der Waals surface area (Å²) in [6.07, 6.45) is -2.42. The number of para-hydroxylation sites is 1. The maximum atomic E-state index is 12.7.